The lowest BCUT2D eigenvalue weighted by Gasteiger charge is -2.23. The van der Waals surface area contributed by atoms with Gasteiger partial charge in [0.05, 0.1) is 0 Å². The molecule has 0 spiro atoms. The van der Waals surface area contributed by atoms with Crippen molar-refractivity contribution in [3.05, 3.63) is 35.4 Å². The van der Waals surface area contributed by atoms with Crippen LogP contribution in [0.2, 0.25) is 0 Å². The van der Waals surface area contributed by atoms with Gasteiger partial charge >= 0.3 is 5.97 Å². The van der Waals surface area contributed by atoms with Crippen LogP contribution in [0.25, 0.3) is 0 Å². The lowest BCUT2D eigenvalue weighted by molar-refractivity contribution is -0.142. The van der Waals surface area contributed by atoms with Crippen molar-refractivity contribution in [1.82, 2.24) is 4.90 Å². The third-order valence-electron chi connectivity index (χ3n) is 3.42. The van der Waals surface area contributed by atoms with Gasteiger partial charge in [0, 0.05) is 0 Å². The average molecular weight is 233 g/mol. The van der Waals surface area contributed by atoms with Gasteiger partial charge in [-0.05, 0) is 44.8 Å². The van der Waals surface area contributed by atoms with Gasteiger partial charge in [-0.15, -0.1) is 0 Å². The van der Waals surface area contributed by atoms with Gasteiger partial charge in [0.15, 0.2) is 0 Å². The largest absolute Gasteiger partial charge is 0.480 e. The van der Waals surface area contributed by atoms with Crippen molar-refractivity contribution in [3.63, 3.8) is 0 Å². The van der Waals surface area contributed by atoms with E-state index < -0.39 is 5.97 Å². The minimum absolute atomic E-state index is 0.361. The standard InChI is InChI=1S/C14H19NO2/c1-11-4-6-12(7-5-11)10-13(14(16)17)15-8-2-3-9-15/h4-7,13H,2-3,8-10H2,1H3,(H,16,17). The summed E-state index contributed by atoms with van der Waals surface area (Å²) in [6.45, 7) is 3.88. The Morgan fingerprint density at radius 3 is 2.41 bits per heavy atom. The van der Waals surface area contributed by atoms with E-state index in [1.165, 1.54) is 5.56 Å². The second kappa shape index (κ2) is 5.32. The van der Waals surface area contributed by atoms with Crippen LogP contribution in [-0.2, 0) is 11.2 Å². The van der Waals surface area contributed by atoms with E-state index in [1.54, 1.807) is 0 Å². The molecule has 0 bridgehead atoms. The zero-order valence-electron chi connectivity index (χ0n) is 10.2. The van der Waals surface area contributed by atoms with Crippen LogP contribution in [0, 0.1) is 6.92 Å². The molecule has 1 fully saturated rings. The molecule has 0 amide bonds. The van der Waals surface area contributed by atoms with E-state index in [0.29, 0.717) is 6.42 Å². The van der Waals surface area contributed by atoms with Crippen LogP contribution in [0.3, 0.4) is 0 Å². The fourth-order valence-electron chi connectivity index (χ4n) is 2.37. The fraction of sp³-hybridized carbons (Fsp3) is 0.500. The minimum atomic E-state index is -0.701. The average Bonchev–Trinajstić information content (AvgIpc) is 2.81. The summed E-state index contributed by atoms with van der Waals surface area (Å²) in [4.78, 5) is 13.4. The van der Waals surface area contributed by atoms with Crippen molar-refractivity contribution in [1.29, 1.82) is 0 Å². The first-order valence-electron chi connectivity index (χ1n) is 6.19. The predicted molar refractivity (Wildman–Crippen MR) is 67.1 cm³/mol. The number of aliphatic carboxylic acids is 1. The Morgan fingerprint density at radius 2 is 1.88 bits per heavy atom. The minimum Gasteiger partial charge on any atom is -0.480 e. The Morgan fingerprint density at radius 1 is 1.29 bits per heavy atom. The van der Waals surface area contributed by atoms with E-state index in [9.17, 15) is 9.90 Å². The topological polar surface area (TPSA) is 40.5 Å². The van der Waals surface area contributed by atoms with E-state index in [4.69, 9.17) is 0 Å². The summed E-state index contributed by atoms with van der Waals surface area (Å²) < 4.78 is 0. The summed E-state index contributed by atoms with van der Waals surface area (Å²) in [5, 5.41) is 9.31. The SMILES string of the molecule is Cc1ccc(CC(C(=O)O)N2CCCC2)cc1. The second-order valence-corrected chi connectivity index (χ2v) is 4.79. The van der Waals surface area contributed by atoms with Gasteiger partial charge in [0.2, 0.25) is 0 Å². The molecule has 1 heterocycles. The maximum absolute atomic E-state index is 11.3. The maximum atomic E-state index is 11.3. The smallest absolute Gasteiger partial charge is 0.321 e. The highest BCUT2D eigenvalue weighted by molar-refractivity contribution is 5.74. The van der Waals surface area contributed by atoms with Crippen molar-refractivity contribution in [2.45, 2.75) is 32.2 Å². The molecule has 1 aliphatic heterocycles. The number of nitrogens with zero attached hydrogens (tertiary/aromatic N) is 1. The van der Waals surface area contributed by atoms with E-state index in [0.717, 1.165) is 31.5 Å². The Balaban J connectivity index is 2.06. The third kappa shape index (κ3) is 3.07. The lowest BCUT2D eigenvalue weighted by atomic mass is 10.0. The molecule has 17 heavy (non-hydrogen) atoms. The molecule has 1 aliphatic rings. The van der Waals surface area contributed by atoms with Crippen LogP contribution in [0.4, 0.5) is 0 Å². The van der Waals surface area contributed by atoms with E-state index >= 15 is 0 Å². The molecule has 92 valence electrons. The number of carboxylic acids is 1. The Kier molecular flexibility index (Phi) is 3.79. The zero-order chi connectivity index (χ0) is 12.3. The predicted octanol–water partition coefficient (Wildman–Crippen LogP) is 2.09. The van der Waals surface area contributed by atoms with Gasteiger partial charge in [0.1, 0.15) is 6.04 Å². The summed E-state index contributed by atoms with van der Waals surface area (Å²) in [6.07, 6.45) is 2.85. The summed E-state index contributed by atoms with van der Waals surface area (Å²) in [7, 11) is 0. The summed E-state index contributed by atoms with van der Waals surface area (Å²) >= 11 is 0. The highest BCUT2D eigenvalue weighted by Crippen LogP contribution is 2.16. The van der Waals surface area contributed by atoms with E-state index in [1.807, 2.05) is 31.2 Å². The number of rotatable bonds is 4. The Labute approximate surface area is 102 Å². The van der Waals surface area contributed by atoms with Crippen LogP contribution in [-0.4, -0.2) is 35.1 Å². The van der Waals surface area contributed by atoms with Gasteiger partial charge in [-0.3, -0.25) is 9.69 Å². The summed E-state index contributed by atoms with van der Waals surface area (Å²) in [6, 6.07) is 7.78. The van der Waals surface area contributed by atoms with Gasteiger partial charge in [-0.1, -0.05) is 29.8 Å². The van der Waals surface area contributed by atoms with Crippen LogP contribution in [0.1, 0.15) is 24.0 Å². The first kappa shape index (κ1) is 12.1. The van der Waals surface area contributed by atoms with Crippen molar-refractivity contribution >= 4 is 5.97 Å². The molecule has 0 aliphatic carbocycles. The highest BCUT2D eigenvalue weighted by atomic mass is 16.4. The second-order valence-electron chi connectivity index (χ2n) is 4.79. The Bertz CT molecular complexity index is 380. The monoisotopic (exact) mass is 233 g/mol. The van der Waals surface area contributed by atoms with Crippen LogP contribution in [0.5, 0.6) is 0 Å². The quantitative estimate of drug-likeness (QED) is 0.865. The summed E-state index contributed by atoms with van der Waals surface area (Å²) in [5.74, 6) is -0.701. The number of likely N-dealkylation sites (tertiary alicyclic amines) is 1. The molecule has 1 unspecified atom stereocenters. The van der Waals surface area contributed by atoms with Crippen molar-refractivity contribution < 1.29 is 9.90 Å². The fourth-order valence-corrected chi connectivity index (χ4v) is 2.37. The molecular formula is C14H19NO2. The number of carboxylic acid groups (broad SMARTS) is 1. The van der Waals surface area contributed by atoms with Gasteiger partial charge < -0.3 is 5.11 Å². The van der Waals surface area contributed by atoms with E-state index in [-0.39, 0.29) is 6.04 Å². The van der Waals surface area contributed by atoms with Crippen molar-refractivity contribution in [2.24, 2.45) is 0 Å². The van der Waals surface area contributed by atoms with Gasteiger partial charge in [-0.2, -0.15) is 0 Å². The number of hydrogen-bond donors (Lipinski definition) is 1. The van der Waals surface area contributed by atoms with Crippen molar-refractivity contribution in [2.75, 3.05) is 13.1 Å². The summed E-state index contributed by atoms with van der Waals surface area (Å²) in [5.41, 5.74) is 2.32. The molecule has 1 N–H and O–H groups in total. The van der Waals surface area contributed by atoms with Crippen LogP contribution >= 0.6 is 0 Å². The molecule has 3 nitrogen and oxygen atoms in total. The molecule has 3 heteroatoms. The number of hydrogen-bond acceptors (Lipinski definition) is 2. The molecule has 0 saturated carbocycles. The molecule has 2 rings (SSSR count). The molecule has 1 aromatic carbocycles. The van der Waals surface area contributed by atoms with Crippen LogP contribution < -0.4 is 0 Å². The molecular weight excluding hydrogens is 214 g/mol. The highest BCUT2D eigenvalue weighted by Gasteiger charge is 2.27. The molecule has 1 aromatic rings. The number of aryl methyl sites for hydroxylation is 1. The molecule has 0 aromatic heterocycles. The zero-order valence-corrected chi connectivity index (χ0v) is 10.2. The van der Waals surface area contributed by atoms with E-state index in [2.05, 4.69) is 4.90 Å². The Hall–Kier alpha value is -1.35. The van der Waals surface area contributed by atoms with Gasteiger partial charge in [0.25, 0.3) is 0 Å². The lowest BCUT2D eigenvalue weighted by Crippen LogP contribution is -2.40. The number of carbonyl (C=O) groups is 1. The first-order chi connectivity index (χ1) is 8.16. The third-order valence-corrected chi connectivity index (χ3v) is 3.42. The molecule has 0 radical (unpaired) electrons. The normalized spacial score (nSPS) is 18.2. The molecule has 1 atom stereocenters. The van der Waals surface area contributed by atoms with Crippen LogP contribution in [0.15, 0.2) is 24.3 Å². The van der Waals surface area contributed by atoms with Gasteiger partial charge in [-0.25, -0.2) is 0 Å². The maximum Gasteiger partial charge on any atom is 0.321 e. The molecule has 1 saturated heterocycles. The number of benzene rings is 1. The van der Waals surface area contributed by atoms with Crippen molar-refractivity contribution in [3.8, 4) is 0 Å². The first-order valence-corrected chi connectivity index (χ1v) is 6.19.